The molecule has 7 nitrogen and oxygen atoms in total. The van der Waals surface area contributed by atoms with Crippen molar-refractivity contribution in [1.29, 1.82) is 0 Å². The summed E-state index contributed by atoms with van der Waals surface area (Å²) in [6, 6.07) is 9.81. The molecule has 2 amide bonds. The van der Waals surface area contributed by atoms with Gasteiger partial charge >= 0.3 is 0 Å². The van der Waals surface area contributed by atoms with E-state index in [1.807, 2.05) is 42.3 Å². The fraction of sp³-hybridized carbons (Fsp3) is 0.421. The van der Waals surface area contributed by atoms with Crippen molar-refractivity contribution >= 4 is 17.5 Å². The van der Waals surface area contributed by atoms with Gasteiger partial charge in [-0.15, -0.1) is 0 Å². The van der Waals surface area contributed by atoms with Gasteiger partial charge in [0.05, 0.1) is 0 Å². The van der Waals surface area contributed by atoms with Gasteiger partial charge in [0.15, 0.2) is 5.69 Å². The lowest BCUT2D eigenvalue weighted by atomic mass is 10.0. The van der Waals surface area contributed by atoms with Gasteiger partial charge in [0.2, 0.25) is 5.91 Å². The van der Waals surface area contributed by atoms with Crippen LogP contribution in [0, 0.1) is 5.92 Å². The fourth-order valence-corrected chi connectivity index (χ4v) is 4.13. The smallest absolute Gasteiger partial charge is 0.269 e. The van der Waals surface area contributed by atoms with Crippen LogP contribution in [0.1, 0.15) is 28.2 Å². The van der Waals surface area contributed by atoms with E-state index in [4.69, 9.17) is 5.73 Å². The normalized spacial score (nSPS) is 20.4. The van der Waals surface area contributed by atoms with Gasteiger partial charge in [0, 0.05) is 63.0 Å². The Balaban J connectivity index is 1.45. The lowest BCUT2D eigenvalue weighted by Crippen LogP contribution is -2.36. The summed E-state index contributed by atoms with van der Waals surface area (Å²) in [5.41, 5.74) is 8.84. The number of carbonyl (C=O) groups is 2. The molecule has 0 saturated carbocycles. The number of para-hydroxylation sites is 1. The van der Waals surface area contributed by atoms with Gasteiger partial charge in [-0.2, -0.15) is 5.10 Å². The molecule has 136 valence electrons. The zero-order chi connectivity index (χ0) is 18.3. The van der Waals surface area contributed by atoms with E-state index >= 15 is 0 Å². The van der Waals surface area contributed by atoms with Crippen molar-refractivity contribution in [3.8, 4) is 0 Å². The van der Waals surface area contributed by atoms with Crippen molar-refractivity contribution in [3.63, 3.8) is 0 Å². The van der Waals surface area contributed by atoms with E-state index in [1.54, 1.807) is 4.68 Å². The highest BCUT2D eigenvalue weighted by Gasteiger charge is 2.33. The Bertz CT molecular complexity index is 845. The summed E-state index contributed by atoms with van der Waals surface area (Å²) >= 11 is 0. The van der Waals surface area contributed by atoms with Crippen LogP contribution in [0.25, 0.3) is 0 Å². The molecule has 2 aromatic rings. The Labute approximate surface area is 152 Å². The summed E-state index contributed by atoms with van der Waals surface area (Å²) in [7, 11) is 1.86. The highest BCUT2D eigenvalue weighted by molar-refractivity contribution is 5.95. The molecule has 2 aliphatic heterocycles. The minimum absolute atomic E-state index is 0.179. The molecule has 2 N–H and O–H groups in total. The van der Waals surface area contributed by atoms with Gasteiger partial charge in [-0.05, 0) is 18.1 Å². The average molecular weight is 353 g/mol. The number of hydrogen-bond donors (Lipinski definition) is 1. The standard InChI is InChI=1S/C19H23N5O2/c1-22-16-7-8-23(12-15(16)18(21-22)19(20)26)10-13-9-17(25)24(11-13)14-5-3-2-4-6-14/h2-6,13H,7-12H2,1H3,(H2,20,26)/t13-/m0/s1. The second-order valence-electron chi connectivity index (χ2n) is 7.16. The molecule has 7 heteroatoms. The summed E-state index contributed by atoms with van der Waals surface area (Å²) < 4.78 is 1.77. The lowest BCUT2D eigenvalue weighted by molar-refractivity contribution is -0.117. The van der Waals surface area contributed by atoms with Crippen LogP contribution < -0.4 is 10.6 Å². The monoisotopic (exact) mass is 353 g/mol. The van der Waals surface area contributed by atoms with Crippen molar-refractivity contribution in [2.45, 2.75) is 19.4 Å². The molecule has 1 aromatic carbocycles. The highest BCUT2D eigenvalue weighted by atomic mass is 16.2. The topological polar surface area (TPSA) is 84.5 Å². The predicted octanol–water partition coefficient (Wildman–Crippen LogP) is 0.930. The maximum atomic E-state index is 12.4. The van der Waals surface area contributed by atoms with Gasteiger partial charge < -0.3 is 10.6 Å². The highest BCUT2D eigenvalue weighted by Crippen LogP contribution is 2.28. The lowest BCUT2D eigenvalue weighted by Gasteiger charge is -2.29. The third-order valence-electron chi connectivity index (χ3n) is 5.34. The summed E-state index contributed by atoms with van der Waals surface area (Å²) in [5, 5.41) is 4.27. The molecule has 1 saturated heterocycles. The molecule has 1 fully saturated rings. The van der Waals surface area contributed by atoms with Crippen LogP contribution in [0.4, 0.5) is 5.69 Å². The van der Waals surface area contributed by atoms with E-state index in [-0.39, 0.29) is 11.8 Å². The van der Waals surface area contributed by atoms with Gasteiger partial charge in [-0.25, -0.2) is 0 Å². The Morgan fingerprint density at radius 3 is 2.81 bits per heavy atom. The minimum atomic E-state index is -0.477. The fourth-order valence-electron chi connectivity index (χ4n) is 4.13. The third-order valence-corrected chi connectivity index (χ3v) is 5.34. The second-order valence-corrected chi connectivity index (χ2v) is 7.16. The SMILES string of the molecule is Cn1nc(C(N)=O)c2c1CCN(C[C@@H]1CC(=O)N(c3ccccc3)C1)C2. The molecule has 4 rings (SSSR count). The van der Waals surface area contributed by atoms with Crippen molar-refractivity contribution < 1.29 is 9.59 Å². The largest absolute Gasteiger partial charge is 0.364 e. The van der Waals surface area contributed by atoms with E-state index in [9.17, 15) is 9.59 Å². The first-order chi connectivity index (χ1) is 12.5. The van der Waals surface area contributed by atoms with Gasteiger partial charge in [0.1, 0.15) is 0 Å². The number of rotatable bonds is 4. The number of fused-ring (bicyclic) bond motifs is 1. The maximum absolute atomic E-state index is 12.4. The number of hydrogen-bond acceptors (Lipinski definition) is 4. The summed E-state index contributed by atoms with van der Waals surface area (Å²) in [4.78, 5) is 28.2. The Morgan fingerprint density at radius 1 is 1.31 bits per heavy atom. The molecule has 0 aliphatic carbocycles. The van der Waals surface area contributed by atoms with Crippen LogP contribution in [0.5, 0.6) is 0 Å². The van der Waals surface area contributed by atoms with Crippen molar-refractivity contribution in [2.24, 2.45) is 18.7 Å². The van der Waals surface area contributed by atoms with Gasteiger partial charge in [0.25, 0.3) is 5.91 Å². The van der Waals surface area contributed by atoms with Crippen molar-refractivity contribution in [2.75, 3.05) is 24.5 Å². The first kappa shape index (κ1) is 16.8. The zero-order valence-electron chi connectivity index (χ0n) is 14.9. The predicted molar refractivity (Wildman–Crippen MR) is 97.6 cm³/mol. The number of primary amides is 1. The molecule has 1 atom stereocenters. The summed E-state index contributed by atoms with van der Waals surface area (Å²) in [6.07, 6.45) is 1.41. The number of carbonyl (C=O) groups excluding carboxylic acids is 2. The van der Waals surface area contributed by atoms with E-state index in [0.717, 1.165) is 43.0 Å². The maximum Gasteiger partial charge on any atom is 0.269 e. The first-order valence-electron chi connectivity index (χ1n) is 8.95. The number of benzene rings is 1. The molecule has 0 unspecified atom stereocenters. The number of amides is 2. The minimum Gasteiger partial charge on any atom is -0.364 e. The van der Waals surface area contributed by atoms with Crippen molar-refractivity contribution in [3.05, 3.63) is 47.3 Å². The van der Waals surface area contributed by atoms with Crippen LogP contribution in [0.15, 0.2) is 30.3 Å². The van der Waals surface area contributed by atoms with Crippen molar-refractivity contribution in [1.82, 2.24) is 14.7 Å². The average Bonchev–Trinajstić information content (AvgIpc) is 3.16. The first-order valence-corrected chi connectivity index (χ1v) is 8.95. The van der Waals surface area contributed by atoms with Crippen LogP contribution >= 0.6 is 0 Å². The number of aryl methyl sites for hydroxylation is 1. The third kappa shape index (κ3) is 2.99. The Kier molecular flexibility index (Phi) is 4.24. The molecular weight excluding hydrogens is 330 g/mol. The van der Waals surface area contributed by atoms with Crippen LogP contribution in [0.2, 0.25) is 0 Å². The summed E-state index contributed by atoms with van der Waals surface area (Å²) in [6.45, 7) is 3.14. The molecule has 0 spiro atoms. The molecule has 0 radical (unpaired) electrons. The Morgan fingerprint density at radius 2 is 2.08 bits per heavy atom. The quantitative estimate of drug-likeness (QED) is 0.886. The Hall–Kier alpha value is -2.67. The van der Waals surface area contributed by atoms with E-state index in [2.05, 4.69) is 10.00 Å². The molecule has 26 heavy (non-hydrogen) atoms. The zero-order valence-corrected chi connectivity index (χ0v) is 14.9. The van der Waals surface area contributed by atoms with Crippen LogP contribution in [0.3, 0.4) is 0 Å². The number of anilines is 1. The number of nitrogens with two attached hydrogens (primary N) is 1. The number of nitrogens with zero attached hydrogens (tertiary/aromatic N) is 4. The molecular formula is C19H23N5O2. The van der Waals surface area contributed by atoms with Gasteiger partial charge in [-0.3, -0.25) is 19.2 Å². The molecule has 0 bridgehead atoms. The molecule has 3 heterocycles. The van der Waals surface area contributed by atoms with Crippen LogP contribution in [-0.4, -0.2) is 46.1 Å². The number of aromatic nitrogens is 2. The van der Waals surface area contributed by atoms with E-state index in [0.29, 0.717) is 18.7 Å². The van der Waals surface area contributed by atoms with E-state index < -0.39 is 5.91 Å². The molecule has 1 aromatic heterocycles. The van der Waals surface area contributed by atoms with Gasteiger partial charge in [-0.1, -0.05) is 18.2 Å². The second kappa shape index (κ2) is 6.57. The summed E-state index contributed by atoms with van der Waals surface area (Å²) in [5.74, 6) is -0.00828. The van der Waals surface area contributed by atoms with Crippen LogP contribution in [-0.2, 0) is 24.8 Å². The molecule has 2 aliphatic rings. The van der Waals surface area contributed by atoms with E-state index in [1.165, 1.54) is 0 Å².